The number of ether oxygens (including phenoxy) is 1. The zero-order chi connectivity index (χ0) is 22.4. The van der Waals surface area contributed by atoms with E-state index in [0.717, 1.165) is 34.7 Å². The minimum absolute atomic E-state index is 0.175. The lowest BCUT2D eigenvalue weighted by Crippen LogP contribution is -2.24. The maximum atomic E-state index is 15.3. The number of rotatable bonds is 3. The van der Waals surface area contributed by atoms with E-state index in [2.05, 4.69) is 9.98 Å². The van der Waals surface area contributed by atoms with E-state index in [0.29, 0.717) is 17.0 Å². The Balaban J connectivity index is 2.24. The van der Waals surface area contributed by atoms with E-state index in [9.17, 15) is 4.79 Å². The monoisotopic (exact) mass is 412 g/mol. The normalized spacial score (nSPS) is 15.8. The van der Waals surface area contributed by atoms with Gasteiger partial charge in [0.2, 0.25) is 0 Å². The second-order valence-corrected chi connectivity index (χ2v) is 8.63. The third-order valence-electron chi connectivity index (χ3n) is 4.65. The van der Waals surface area contributed by atoms with Crippen LogP contribution in [0, 0.1) is 25.5 Å². The van der Waals surface area contributed by atoms with E-state index in [1.54, 1.807) is 20.8 Å². The molecule has 0 spiro atoms. The van der Waals surface area contributed by atoms with Crippen molar-refractivity contribution in [1.82, 2.24) is 4.98 Å². The molecular weight excluding hydrogens is 386 g/mol. The number of aromatic amines is 1. The minimum atomic E-state index is -0.849. The van der Waals surface area contributed by atoms with Crippen LogP contribution in [0.3, 0.4) is 0 Å². The van der Waals surface area contributed by atoms with Gasteiger partial charge in [0.1, 0.15) is 17.2 Å². The first-order valence-corrected chi connectivity index (χ1v) is 9.75. The smallest absolute Gasteiger partial charge is 0.338 e. The number of aliphatic imine (C=N–C) groups is 1. The molecule has 0 amide bonds. The zero-order valence-corrected chi connectivity index (χ0v) is 18.3. The molecule has 2 heterocycles. The Kier molecular flexibility index (Phi) is 5.54. The second kappa shape index (κ2) is 7.67. The van der Waals surface area contributed by atoms with E-state index < -0.39 is 23.2 Å². The summed E-state index contributed by atoms with van der Waals surface area (Å²) in [6.07, 6.45) is 1.87. The van der Waals surface area contributed by atoms with Gasteiger partial charge in [-0.05, 0) is 83.9 Å². The van der Waals surface area contributed by atoms with Crippen LogP contribution >= 0.6 is 0 Å². The van der Waals surface area contributed by atoms with E-state index >= 15 is 8.78 Å². The Morgan fingerprint density at radius 2 is 1.63 bits per heavy atom. The fraction of sp³-hybridized carbons (Fsp3) is 0.333. The molecule has 158 valence electrons. The molecule has 0 saturated heterocycles. The highest BCUT2D eigenvalue weighted by Gasteiger charge is 2.27. The molecule has 30 heavy (non-hydrogen) atoms. The summed E-state index contributed by atoms with van der Waals surface area (Å²) in [7, 11) is 0. The van der Waals surface area contributed by atoms with E-state index in [1.165, 1.54) is 0 Å². The van der Waals surface area contributed by atoms with Crippen LogP contribution in [0.1, 0.15) is 67.5 Å². The maximum absolute atomic E-state index is 15.3. The van der Waals surface area contributed by atoms with Crippen molar-refractivity contribution < 1.29 is 18.3 Å². The van der Waals surface area contributed by atoms with Crippen LogP contribution in [0.25, 0.3) is 5.57 Å². The Morgan fingerprint density at radius 1 is 1.03 bits per heavy atom. The van der Waals surface area contributed by atoms with Gasteiger partial charge in [0.25, 0.3) is 0 Å². The number of allylic oxidation sites excluding steroid dienone is 2. The van der Waals surface area contributed by atoms with Crippen molar-refractivity contribution in [3.63, 3.8) is 0 Å². The molecule has 0 radical (unpaired) electrons. The van der Waals surface area contributed by atoms with Crippen LogP contribution in [0.5, 0.6) is 0 Å². The molecular formula is C24H26F2N2O2. The first-order chi connectivity index (χ1) is 13.9. The summed E-state index contributed by atoms with van der Waals surface area (Å²) >= 11 is 0. The van der Waals surface area contributed by atoms with Crippen LogP contribution in [-0.2, 0) is 4.74 Å². The maximum Gasteiger partial charge on any atom is 0.338 e. The number of nitrogens with one attached hydrogen (secondary N) is 1. The Labute approximate surface area is 175 Å². The second-order valence-electron chi connectivity index (χ2n) is 8.63. The van der Waals surface area contributed by atoms with Gasteiger partial charge in [-0.2, -0.15) is 0 Å². The molecule has 1 aromatic carbocycles. The summed E-state index contributed by atoms with van der Waals surface area (Å²) in [4.78, 5) is 20.0. The predicted molar refractivity (Wildman–Crippen MR) is 115 cm³/mol. The van der Waals surface area contributed by atoms with Crippen LogP contribution < -0.4 is 0 Å². The number of halogens is 2. The van der Waals surface area contributed by atoms with Crippen LogP contribution in [0.15, 0.2) is 40.5 Å². The first-order valence-electron chi connectivity index (χ1n) is 9.75. The lowest BCUT2D eigenvalue weighted by molar-refractivity contribution is 0.00684. The number of carbonyl (C=O) groups is 1. The average molecular weight is 412 g/mol. The SMILES string of the molecule is CC1=CC(C)=N/C1=C(\c1[nH]c(C)cc1C)c1c(F)cc(C(=O)OC(C)(C)C)cc1F. The minimum Gasteiger partial charge on any atom is -0.456 e. The number of aromatic nitrogens is 1. The Bertz CT molecular complexity index is 1110. The number of esters is 1. The molecule has 0 saturated carbocycles. The molecule has 0 fully saturated rings. The van der Waals surface area contributed by atoms with Crippen molar-refractivity contribution in [3.8, 4) is 0 Å². The van der Waals surface area contributed by atoms with Gasteiger partial charge >= 0.3 is 5.97 Å². The summed E-state index contributed by atoms with van der Waals surface area (Å²) in [6.45, 7) is 12.5. The van der Waals surface area contributed by atoms with E-state index in [1.807, 2.05) is 39.8 Å². The molecule has 1 aromatic heterocycles. The van der Waals surface area contributed by atoms with Crippen molar-refractivity contribution in [3.05, 3.63) is 75.3 Å². The number of benzene rings is 1. The van der Waals surface area contributed by atoms with Crippen molar-refractivity contribution in [2.75, 3.05) is 0 Å². The summed E-state index contributed by atoms with van der Waals surface area (Å²) < 4.78 is 35.8. The highest BCUT2D eigenvalue weighted by molar-refractivity contribution is 6.01. The molecule has 1 aliphatic heterocycles. The molecule has 1 N–H and O–H groups in total. The third kappa shape index (κ3) is 4.27. The largest absolute Gasteiger partial charge is 0.456 e. The number of hydrogen-bond acceptors (Lipinski definition) is 3. The lowest BCUT2D eigenvalue weighted by atomic mass is 9.94. The van der Waals surface area contributed by atoms with Gasteiger partial charge in [0, 0.05) is 17.0 Å². The van der Waals surface area contributed by atoms with Gasteiger partial charge in [0.05, 0.1) is 22.5 Å². The van der Waals surface area contributed by atoms with Crippen molar-refractivity contribution in [1.29, 1.82) is 0 Å². The first kappa shape index (κ1) is 21.7. The molecule has 2 aromatic rings. The fourth-order valence-electron chi connectivity index (χ4n) is 3.55. The van der Waals surface area contributed by atoms with Crippen LogP contribution in [0.4, 0.5) is 8.78 Å². The number of nitrogens with zero attached hydrogens (tertiary/aromatic N) is 1. The quantitative estimate of drug-likeness (QED) is 0.625. The Hall–Kier alpha value is -3.02. The van der Waals surface area contributed by atoms with Gasteiger partial charge in [0.15, 0.2) is 0 Å². The fourth-order valence-corrected chi connectivity index (χ4v) is 3.55. The predicted octanol–water partition coefficient (Wildman–Crippen LogP) is 6.05. The molecule has 6 heteroatoms. The number of hydrogen-bond donors (Lipinski definition) is 1. The number of aryl methyl sites for hydroxylation is 2. The van der Waals surface area contributed by atoms with Gasteiger partial charge in [-0.3, -0.25) is 4.99 Å². The number of carbonyl (C=O) groups excluding carboxylic acids is 1. The molecule has 0 unspecified atom stereocenters. The van der Waals surface area contributed by atoms with Crippen LogP contribution in [-0.4, -0.2) is 22.3 Å². The molecule has 3 rings (SSSR count). The Morgan fingerprint density at radius 3 is 2.07 bits per heavy atom. The lowest BCUT2D eigenvalue weighted by Gasteiger charge is -2.20. The molecule has 0 bridgehead atoms. The summed E-state index contributed by atoms with van der Waals surface area (Å²) in [5, 5.41) is 0. The molecule has 0 aliphatic carbocycles. The molecule has 1 aliphatic rings. The van der Waals surface area contributed by atoms with Gasteiger partial charge in [-0.15, -0.1) is 0 Å². The average Bonchev–Trinajstić information content (AvgIpc) is 3.09. The van der Waals surface area contributed by atoms with Crippen molar-refractivity contribution >= 4 is 17.3 Å². The number of H-pyrrole nitrogens is 1. The van der Waals surface area contributed by atoms with Gasteiger partial charge < -0.3 is 9.72 Å². The van der Waals surface area contributed by atoms with Gasteiger partial charge in [-0.25, -0.2) is 13.6 Å². The molecule has 4 nitrogen and oxygen atoms in total. The van der Waals surface area contributed by atoms with Crippen LogP contribution in [0.2, 0.25) is 0 Å². The summed E-state index contributed by atoms with van der Waals surface area (Å²) in [5.41, 5.74) is 3.53. The third-order valence-corrected chi connectivity index (χ3v) is 4.65. The topological polar surface area (TPSA) is 54.5 Å². The standard InChI is InChI=1S/C24H26F2N2O2/c1-12-8-14(3)27-21(12)20(22-13(2)9-15(4)28-22)19-17(25)10-16(11-18(19)26)23(29)30-24(5,6)7/h8-11,27H,1-7H3/b22-20-. The summed E-state index contributed by atoms with van der Waals surface area (Å²) in [5.74, 6) is -2.48. The zero-order valence-electron chi connectivity index (χ0n) is 18.3. The summed E-state index contributed by atoms with van der Waals surface area (Å²) in [6, 6.07) is 3.94. The highest BCUT2D eigenvalue weighted by Crippen LogP contribution is 2.37. The van der Waals surface area contributed by atoms with E-state index in [4.69, 9.17) is 4.74 Å². The highest BCUT2D eigenvalue weighted by atomic mass is 19.1. The molecule has 0 atom stereocenters. The van der Waals surface area contributed by atoms with Crippen molar-refractivity contribution in [2.45, 2.75) is 54.1 Å². The van der Waals surface area contributed by atoms with Crippen molar-refractivity contribution in [2.24, 2.45) is 4.99 Å². The van der Waals surface area contributed by atoms with E-state index in [-0.39, 0.29) is 11.1 Å². The van der Waals surface area contributed by atoms with Gasteiger partial charge in [-0.1, -0.05) is 0 Å².